The summed E-state index contributed by atoms with van der Waals surface area (Å²) in [6, 6.07) is 1.19. The van der Waals surface area contributed by atoms with Gasteiger partial charge in [-0.15, -0.1) is 0 Å². The van der Waals surface area contributed by atoms with Crippen molar-refractivity contribution in [1.29, 1.82) is 0 Å². The van der Waals surface area contributed by atoms with Gasteiger partial charge in [-0.05, 0) is 22.3 Å². The van der Waals surface area contributed by atoms with Crippen molar-refractivity contribution < 1.29 is 4.79 Å². The van der Waals surface area contributed by atoms with Crippen molar-refractivity contribution in [2.75, 3.05) is 6.66 Å². The van der Waals surface area contributed by atoms with Crippen molar-refractivity contribution in [3.05, 3.63) is 32.6 Å². The summed E-state index contributed by atoms with van der Waals surface area (Å²) in [7, 11) is 0.143. The van der Waals surface area contributed by atoms with E-state index in [1.165, 1.54) is 10.4 Å². The smallest absolute Gasteiger partial charge is 0.296 e. The molecule has 0 spiro atoms. The molecule has 0 N–H and O–H groups in total. The topological polar surface area (TPSA) is 61.1 Å². The summed E-state index contributed by atoms with van der Waals surface area (Å²) in [6.45, 7) is 3.81. The van der Waals surface area contributed by atoms with E-state index in [0.29, 0.717) is 12.8 Å². The van der Waals surface area contributed by atoms with Gasteiger partial charge < -0.3 is 0 Å². The van der Waals surface area contributed by atoms with Crippen LogP contribution in [0.3, 0.4) is 0 Å². The molecule has 0 bridgehead atoms. The Hall–Kier alpha value is -1.22. The zero-order chi connectivity index (χ0) is 10.7. The lowest BCUT2D eigenvalue weighted by atomic mass is 10.4. The van der Waals surface area contributed by atoms with Crippen LogP contribution >= 0.6 is 8.73 Å². The minimum atomic E-state index is -0.422. The fraction of sp³-hybridized carbons (Fsp3) is 0.375. The predicted octanol–water partition coefficient (Wildman–Crippen LogP) is -0.0862. The van der Waals surface area contributed by atoms with E-state index in [4.69, 9.17) is 0 Å². The van der Waals surface area contributed by atoms with E-state index < -0.39 is 11.2 Å². The Morgan fingerprint density at radius 3 is 2.57 bits per heavy atom. The van der Waals surface area contributed by atoms with Crippen molar-refractivity contribution >= 4 is 15.0 Å². The number of aromatic nitrogens is 2. The number of carbonyl (C=O) groups excluding carboxylic acids is 1. The number of nitrogens with zero attached hydrogens (tertiary/aromatic N) is 2. The number of carbonyl (C=O) groups is 1. The molecule has 14 heavy (non-hydrogen) atoms. The van der Waals surface area contributed by atoms with Gasteiger partial charge in [0.15, 0.2) is 6.29 Å². The van der Waals surface area contributed by atoms with Crippen LogP contribution in [0.1, 0.15) is 17.4 Å². The summed E-state index contributed by atoms with van der Waals surface area (Å²) in [6.07, 6.45) is 0.527. The normalized spacial score (nSPS) is 11.0. The van der Waals surface area contributed by atoms with Crippen molar-refractivity contribution in [3.8, 4) is 0 Å². The first-order chi connectivity index (χ1) is 6.65. The second-order valence-corrected chi connectivity index (χ2v) is 3.51. The molecular formula is C8H11N2O3P. The van der Waals surface area contributed by atoms with E-state index in [1.54, 1.807) is 13.6 Å². The van der Waals surface area contributed by atoms with Gasteiger partial charge in [0, 0.05) is 12.6 Å². The molecule has 1 aromatic heterocycles. The van der Waals surface area contributed by atoms with Crippen LogP contribution in [0.25, 0.3) is 0 Å². The van der Waals surface area contributed by atoms with Gasteiger partial charge in [-0.2, -0.15) is 0 Å². The molecule has 1 rings (SSSR count). The van der Waals surface area contributed by atoms with Gasteiger partial charge in [0.2, 0.25) is 0 Å². The van der Waals surface area contributed by atoms with Gasteiger partial charge in [-0.3, -0.25) is 18.5 Å². The number of hydrogen-bond donors (Lipinski definition) is 0. The van der Waals surface area contributed by atoms with Crippen LogP contribution in [0.15, 0.2) is 15.7 Å². The van der Waals surface area contributed by atoms with Gasteiger partial charge >= 0.3 is 5.69 Å². The summed E-state index contributed by atoms with van der Waals surface area (Å²) < 4.78 is 2.40. The summed E-state index contributed by atoms with van der Waals surface area (Å²) >= 11 is 0. The summed E-state index contributed by atoms with van der Waals surface area (Å²) in [5.74, 6) is 0. The molecule has 6 heteroatoms. The van der Waals surface area contributed by atoms with Crippen molar-refractivity contribution in [1.82, 2.24) is 8.90 Å². The van der Waals surface area contributed by atoms with Crippen LogP contribution in [0.5, 0.6) is 0 Å². The monoisotopic (exact) mass is 214 g/mol. The molecule has 0 aliphatic carbocycles. The molecule has 1 heterocycles. The van der Waals surface area contributed by atoms with Crippen molar-refractivity contribution in [2.45, 2.75) is 13.5 Å². The first kappa shape index (κ1) is 10.9. The highest BCUT2D eigenvalue weighted by atomic mass is 31.1. The Morgan fingerprint density at radius 2 is 2.14 bits per heavy atom. The Morgan fingerprint density at radius 1 is 1.50 bits per heavy atom. The third-order valence-electron chi connectivity index (χ3n) is 1.88. The second-order valence-electron chi connectivity index (χ2n) is 2.61. The fourth-order valence-corrected chi connectivity index (χ4v) is 1.88. The van der Waals surface area contributed by atoms with E-state index in [1.807, 2.05) is 0 Å². The van der Waals surface area contributed by atoms with Crippen LogP contribution < -0.4 is 11.2 Å². The van der Waals surface area contributed by atoms with Crippen LogP contribution in [0, 0.1) is 0 Å². The average Bonchev–Trinajstić information content (AvgIpc) is 2.17. The maximum absolute atomic E-state index is 11.6. The molecule has 0 saturated carbocycles. The molecule has 1 aromatic rings. The van der Waals surface area contributed by atoms with Crippen molar-refractivity contribution in [3.63, 3.8) is 0 Å². The third kappa shape index (κ3) is 1.68. The van der Waals surface area contributed by atoms with E-state index in [9.17, 15) is 14.4 Å². The largest absolute Gasteiger partial charge is 0.334 e. The molecule has 1 atom stereocenters. The highest BCUT2D eigenvalue weighted by Crippen LogP contribution is 2.05. The van der Waals surface area contributed by atoms with Gasteiger partial charge in [-0.25, -0.2) is 4.79 Å². The Balaban J connectivity index is 3.64. The molecule has 0 amide bonds. The second kappa shape index (κ2) is 4.33. The van der Waals surface area contributed by atoms with Gasteiger partial charge in [0.25, 0.3) is 5.56 Å². The maximum atomic E-state index is 11.6. The highest BCUT2D eigenvalue weighted by molar-refractivity contribution is 7.35. The molecule has 76 valence electrons. The fourth-order valence-electron chi connectivity index (χ4n) is 1.20. The van der Waals surface area contributed by atoms with Gasteiger partial charge in [-0.1, -0.05) is 0 Å². The first-order valence-corrected chi connectivity index (χ1v) is 5.60. The summed E-state index contributed by atoms with van der Waals surface area (Å²) in [4.78, 5) is 33.5. The van der Waals surface area contributed by atoms with Gasteiger partial charge in [0.05, 0.1) is 5.69 Å². The number of aldehydes is 1. The van der Waals surface area contributed by atoms with E-state index in [-0.39, 0.29) is 14.4 Å². The number of hydrogen-bond acceptors (Lipinski definition) is 3. The van der Waals surface area contributed by atoms with Crippen LogP contribution in [-0.2, 0) is 6.54 Å². The molecule has 5 nitrogen and oxygen atoms in total. The molecular weight excluding hydrogens is 203 g/mol. The quantitative estimate of drug-likeness (QED) is 0.522. The molecule has 0 fully saturated rings. The van der Waals surface area contributed by atoms with Gasteiger partial charge in [0.1, 0.15) is 0 Å². The molecule has 0 saturated heterocycles. The minimum absolute atomic E-state index is 0.143. The SMILES string of the molecule is CCn1c(=O)cc(C=O)n(PC)c1=O. The zero-order valence-electron chi connectivity index (χ0n) is 7.98. The van der Waals surface area contributed by atoms with E-state index in [0.717, 1.165) is 4.57 Å². The molecule has 0 aliphatic heterocycles. The number of rotatable bonds is 3. The Kier molecular flexibility index (Phi) is 3.36. The minimum Gasteiger partial charge on any atom is -0.296 e. The summed E-state index contributed by atoms with van der Waals surface area (Å²) in [5.41, 5.74) is -0.692. The lowest BCUT2D eigenvalue weighted by molar-refractivity contribution is 0.111. The van der Waals surface area contributed by atoms with Crippen LogP contribution in [0.2, 0.25) is 0 Å². The lowest BCUT2D eigenvalue weighted by Crippen LogP contribution is -2.38. The first-order valence-electron chi connectivity index (χ1n) is 4.15. The summed E-state index contributed by atoms with van der Waals surface area (Å²) in [5, 5.41) is 0. The molecule has 0 aliphatic rings. The van der Waals surface area contributed by atoms with Crippen LogP contribution in [0.4, 0.5) is 0 Å². The Bertz CT molecular complexity index is 461. The standard InChI is InChI=1S/C8H11N2O3P/c1-3-9-7(12)4-6(5-11)10(14-2)8(9)13/h4-5,14H,3H2,1-2H3. The predicted molar refractivity (Wildman–Crippen MR) is 55.7 cm³/mol. The highest BCUT2D eigenvalue weighted by Gasteiger charge is 2.07. The van der Waals surface area contributed by atoms with Crippen molar-refractivity contribution in [2.24, 2.45) is 0 Å². The molecule has 0 aromatic carbocycles. The zero-order valence-corrected chi connectivity index (χ0v) is 8.98. The molecule has 0 radical (unpaired) electrons. The van der Waals surface area contributed by atoms with Crippen LogP contribution in [-0.4, -0.2) is 21.9 Å². The third-order valence-corrected chi connectivity index (χ3v) is 2.78. The molecule has 1 unspecified atom stereocenters. The van der Waals surface area contributed by atoms with E-state index in [2.05, 4.69) is 0 Å². The maximum Gasteiger partial charge on any atom is 0.334 e. The Labute approximate surface area is 82.2 Å². The average molecular weight is 214 g/mol. The lowest BCUT2D eigenvalue weighted by Gasteiger charge is -2.08. The van der Waals surface area contributed by atoms with E-state index >= 15 is 0 Å².